The first-order valence-electron chi connectivity index (χ1n) is 3.39. The molecule has 0 amide bonds. The molecule has 0 saturated carbocycles. The van der Waals surface area contributed by atoms with Crippen LogP contribution in [0.4, 0.5) is 0 Å². The van der Waals surface area contributed by atoms with Crippen molar-refractivity contribution in [1.29, 1.82) is 0 Å². The van der Waals surface area contributed by atoms with Crippen molar-refractivity contribution < 1.29 is 47.2 Å². The summed E-state index contributed by atoms with van der Waals surface area (Å²) in [6, 6.07) is 11.2. The van der Waals surface area contributed by atoms with Gasteiger partial charge in [0.2, 0.25) is 0 Å². The van der Waals surface area contributed by atoms with Crippen LogP contribution in [0, 0.1) is 6.07 Å². The maximum atomic E-state index is 3.16. The minimum absolute atomic E-state index is 0. The predicted molar refractivity (Wildman–Crippen MR) is 42.7 cm³/mol. The second-order valence-electron chi connectivity index (χ2n) is 2.63. The second kappa shape index (κ2) is 10.6. The Morgan fingerprint density at radius 3 is 2.23 bits per heavy atom. The van der Waals surface area contributed by atoms with E-state index in [9.17, 15) is 0 Å². The molecular formula is C9H12AuCl2N-2. The Hall–Kier alpha value is 0.500. The van der Waals surface area contributed by atoms with Gasteiger partial charge in [0.25, 0.3) is 0 Å². The standard InChI is InChI=1S/C9H12N.Au.2ClH/c1-10(2)8-9-6-4-3-5-7-9;;;/h3-6H,8H2,1-2H3;;2*1H/p-2. The summed E-state index contributed by atoms with van der Waals surface area (Å²) in [5.41, 5.74) is 1.24. The summed E-state index contributed by atoms with van der Waals surface area (Å²) < 4.78 is 0. The van der Waals surface area contributed by atoms with E-state index in [2.05, 4.69) is 31.1 Å². The molecule has 0 N–H and O–H groups in total. The molecule has 80 valence electrons. The Bertz CT molecular complexity index is 192. The van der Waals surface area contributed by atoms with Gasteiger partial charge >= 0.3 is 0 Å². The molecule has 0 saturated heterocycles. The molecule has 0 atom stereocenters. The molecule has 0 aliphatic heterocycles. The average Bonchev–Trinajstić information content (AvgIpc) is 1.88. The summed E-state index contributed by atoms with van der Waals surface area (Å²) in [7, 11) is 4.11. The van der Waals surface area contributed by atoms with Crippen LogP contribution in [-0.4, -0.2) is 19.0 Å². The molecular weight excluding hydrogens is 390 g/mol. The van der Waals surface area contributed by atoms with Crippen molar-refractivity contribution >= 4 is 0 Å². The van der Waals surface area contributed by atoms with E-state index in [0.717, 1.165) is 6.54 Å². The summed E-state index contributed by atoms with van der Waals surface area (Å²) in [6.45, 7) is 0.973. The topological polar surface area (TPSA) is 3.24 Å². The molecule has 1 aromatic rings. The number of hydrogen-bond acceptors (Lipinski definition) is 1. The van der Waals surface area contributed by atoms with E-state index in [4.69, 9.17) is 0 Å². The second-order valence-corrected chi connectivity index (χ2v) is 2.63. The summed E-state index contributed by atoms with van der Waals surface area (Å²) in [6.07, 6.45) is 0. The van der Waals surface area contributed by atoms with E-state index < -0.39 is 0 Å². The van der Waals surface area contributed by atoms with Crippen molar-refractivity contribution in [2.45, 2.75) is 6.54 Å². The van der Waals surface area contributed by atoms with E-state index in [-0.39, 0.29) is 47.2 Å². The molecule has 0 aromatic heterocycles. The van der Waals surface area contributed by atoms with Gasteiger partial charge in [0, 0.05) is 28.9 Å². The third kappa shape index (κ3) is 8.82. The van der Waals surface area contributed by atoms with Gasteiger partial charge in [0.05, 0.1) is 0 Å². The zero-order valence-electron chi connectivity index (χ0n) is 7.52. The fourth-order valence-electron chi connectivity index (χ4n) is 0.870. The number of hydrogen-bond donors (Lipinski definition) is 0. The molecule has 4 heteroatoms. The molecule has 0 unspecified atom stereocenters. The first kappa shape index (κ1) is 19.1. The molecule has 0 bridgehead atoms. The van der Waals surface area contributed by atoms with Crippen LogP contribution in [0.15, 0.2) is 24.3 Å². The molecule has 0 fully saturated rings. The molecule has 1 rings (SSSR count). The normalized spacial score (nSPS) is 7.92. The fourth-order valence-corrected chi connectivity index (χ4v) is 0.870. The number of benzene rings is 1. The minimum Gasteiger partial charge on any atom is -1.00 e. The van der Waals surface area contributed by atoms with Gasteiger partial charge in [-0.3, -0.25) is 0 Å². The van der Waals surface area contributed by atoms with Crippen molar-refractivity contribution in [2.24, 2.45) is 0 Å². The van der Waals surface area contributed by atoms with Crippen molar-refractivity contribution in [2.75, 3.05) is 14.1 Å². The van der Waals surface area contributed by atoms with Crippen LogP contribution in [0.2, 0.25) is 0 Å². The van der Waals surface area contributed by atoms with Gasteiger partial charge in [-0.25, -0.2) is 0 Å². The number of nitrogens with zero attached hydrogens (tertiary/aromatic N) is 1. The Labute approximate surface area is 108 Å². The van der Waals surface area contributed by atoms with Crippen LogP contribution >= 0.6 is 0 Å². The Morgan fingerprint density at radius 2 is 1.85 bits per heavy atom. The summed E-state index contributed by atoms with van der Waals surface area (Å²) in [5.74, 6) is 0. The summed E-state index contributed by atoms with van der Waals surface area (Å²) >= 11 is 0. The Balaban J connectivity index is -0.000000333. The smallest absolute Gasteiger partial charge is 0.0233 e. The van der Waals surface area contributed by atoms with Crippen molar-refractivity contribution in [3.8, 4) is 0 Å². The van der Waals surface area contributed by atoms with Gasteiger partial charge in [0.15, 0.2) is 0 Å². The minimum atomic E-state index is 0. The molecule has 13 heavy (non-hydrogen) atoms. The third-order valence-corrected chi connectivity index (χ3v) is 1.26. The van der Waals surface area contributed by atoms with Crippen LogP contribution in [0.3, 0.4) is 0 Å². The van der Waals surface area contributed by atoms with Gasteiger partial charge in [-0.05, 0) is 25.7 Å². The maximum Gasteiger partial charge on any atom is 0.0233 e. The monoisotopic (exact) mass is 401 g/mol. The van der Waals surface area contributed by atoms with Gasteiger partial charge in [-0.2, -0.15) is 0 Å². The molecule has 0 heterocycles. The SMILES string of the molecule is CN(C)Cc1[c]cccc1.[Au].[Cl-].[Cl-]. The van der Waals surface area contributed by atoms with Crippen LogP contribution in [-0.2, 0) is 28.9 Å². The molecule has 0 aliphatic carbocycles. The first-order valence-corrected chi connectivity index (χ1v) is 3.39. The van der Waals surface area contributed by atoms with Crippen LogP contribution in [0.25, 0.3) is 0 Å². The molecule has 1 nitrogen and oxygen atoms in total. The first-order chi connectivity index (χ1) is 4.79. The van der Waals surface area contributed by atoms with Gasteiger partial charge < -0.3 is 29.7 Å². The van der Waals surface area contributed by atoms with Gasteiger partial charge in [0.1, 0.15) is 0 Å². The van der Waals surface area contributed by atoms with E-state index >= 15 is 0 Å². The van der Waals surface area contributed by atoms with Crippen LogP contribution in [0.5, 0.6) is 0 Å². The molecule has 2 radical (unpaired) electrons. The van der Waals surface area contributed by atoms with Crippen molar-refractivity contribution in [3.05, 3.63) is 35.9 Å². The maximum absolute atomic E-state index is 3.16. The summed E-state index contributed by atoms with van der Waals surface area (Å²) in [5, 5.41) is 0. The quantitative estimate of drug-likeness (QED) is 0.452. The zero-order valence-corrected chi connectivity index (χ0v) is 11.2. The van der Waals surface area contributed by atoms with E-state index in [1.165, 1.54) is 5.56 Å². The molecule has 0 aliphatic rings. The van der Waals surface area contributed by atoms with Gasteiger partial charge in [-0.1, -0.05) is 24.3 Å². The largest absolute Gasteiger partial charge is 1.00 e. The Morgan fingerprint density at radius 1 is 1.23 bits per heavy atom. The fraction of sp³-hybridized carbons (Fsp3) is 0.333. The average molecular weight is 402 g/mol. The van der Waals surface area contributed by atoms with Crippen molar-refractivity contribution in [1.82, 2.24) is 4.90 Å². The molecule has 1 aromatic carbocycles. The summed E-state index contributed by atoms with van der Waals surface area (Å²) in [4.78, 5) is 2.13. The zero-order chi connectivity index (χ0) is 7.40. The van der Waals surface area contributed by atoms with Crippen LogP contribution < -0.4 is 24.8 Å². The third-order valence-electron chi connectivity index (χ3n) is 1.26. The van der Waals surface area contributed by atoms with E-state index in [1.807, 2.05) is 18.2 Å². The van der Waals surface area contributed by atoms with Crippen LogP contribution in [0.1, 0.15) is 5.56 Å². The number of rotatable bonds is 2. The number of halogens is 2. The molecule has 0 spiro atoms. The van der Waals surface area contributed by atoms with Crippen molar-refractivity contribution in [3.63, 3.8) is 0 Å². The van der Waals surface area contributed by atoms with Gasteiger partial charge in [-0.15, -0.1) is 0 Å². The predicted octanol–water partition coefficient (Wildman–Crippen LogP) is -4.45. The Kier molecular flexibility index (Phi) is 15.6. The van der Waals surface area contributed by atoms with E-state index in [0.29, 0.717) is 0 Å². The van der Waals surface area contributed by atoms with E-state index in [1.54, 1.807) is 0 Å².